The fraction of sp³-hybridized carbons (Fsp3) is 0.217. The number of rotatable bonds is 3. The Bertz CT molecular complexity index is 1250. The van der Waals surface area contributed by atoms with Gasteiger partial charge in [0.25, 0.3) is 0 Å². The van der Waals surface area contributed by atoms with E-state index in [0.717, 1.165) is 16.6 Å². The Morgan fingerprint density at radius 3 is 2.66 bits per heavy atom. The van der Waals surface area contributed by atoms with Gasteiger partial charge in [-0.05, 0) is 24.3 Å². The van der Waals surface area contributed by atoms with E-state index in [1.807, 2.05) is 65.0 Å². The van der Waals surface area contributed by atoms with Crippen molar-refractivity contribution in [3.63, 3.8) is 0 Å². The number of para-hydroxylation sites is 1. The third kappa shape index (κ3) is 3.80. The molecule has 2 N–H and O–H groups in total. The summed E-state index contributed by atoms with van der Waals surface area (Å²) in [6, 6.07) is 15.5. The summed E-state index contributed by atoms with van der Waals surface area (Å²) in [5.41, 5.74) is 8.27. The molecule has 0 aliphatic carbocycles. The zero-order chi connectivity index (χ0) is 22.1. The number of ether oxygens (including phenoxy) is 1. The normalized spacial score (nSPS) is 18.4. The van der Waals surface area contributed by atoms with Gasteiger partial charge in [0.2, 0.25) is 5.90 Å². The van der Waals surface area contributed by atoms with Gasteiger partial charge in [0.15, 0.2) is 17.5 Å². The second-order valence-corrected chi connectivity index (χ2v) is 7.65. The largest absolute Gasteiger partial charge is 0.400 e. The predicted molar refractivity (Wildman–Crippen MR) is 122 cm³/mol. The molecule has 0 unspecified atom stereocenters. The molecule has 9 heteroatoms. The smallest absolute Gasteiger partial charge is 0.365 e. The molecule has 5 rings (SSSR count). The van der Waals surface area contributed by atoms with E-state index in [9.17, 15) is 4.79 Å². The Morgan fingerprint density at radius 2 is 1.91 bits per heavy atom. The van der Waals surface area contributed by atoms with Crippen molar-refractivity contribution in [1.82, 2.24) is 19.4 Å². The van der Waals surface area contributed by atoms with E-state index in [4.69, 9.17) is 10.5 Å². The molecule has 3 aromatic rings. The van der Waals surface area contributed by atoms with Crippen LogP contribution in [0.25, 0.3) is 10.9 Å². The molecule has 32 heavy (non-hydrogen) atoms. The van der Waals surface area contributed by atoms with Crippen LogP contribution in [0.2, 0.25) is 0 Å². The highest BCUT2D eigenvalue weighted by atomic mass is 16.6. The maximum atomic E-state index is 12.4. The molecule has 0 amide bonds. The summed E-state index contributed by atoms with van der Waals surface area (Å²) in [6.45, 7) is 2.74. The van der Waals surface area contributed by atoms with Crippen molar-refractivity contribution in [2.75, 3.05) is 26.2 Å². The molecule has 9 nitrogen and oxygen atoms in total. The van der Waals surface area contributed by atoms with E-state index >= 15 is 0 Å². The van der Waals surface area contributed by atoms with Crippen LogP contribution in [0.1, 0.15) is 5.69 Å². The fourth-order valence-corrected chi connectivity index (χ4v) is 3.86. The lowest BCUT2D eigenvalue weighted by molar-refractivity contribution is -0.130. The number of piperazine rings is 1. The van der Waals surface area contributed by atoms with Crippen LogP contribution in [0.3, 0.4) is 0 Å². The minimum absolute atomic E-state index is 0.300. The van der Waals surface area contributed by atoms with Gasteiger partial charge in [-0.25, -0.2) is 14.8 Å². The maximum Gasteiger partial charge on any atom is 0.365 e. The highest BCUT2D eigenvalue weighted by Gasteiger charge is 2.28. The molecule has 2 aromatic heterocycles. The first kappa shape index (κ1) is 19.8. The summed E-state index contributed by atoms with van der Waals surface area (Å²) < 4.78 is 7.46. The number of aliphatic imine (C=N–C) groups is 2. The van der Waals surface area contributed by atoms with Crippen molar-refractivity contribution in [3.05, 3.63) is 72.3 Å². The van der Waals surface area contributed by atoms with Crippen LogP contribution in [0.5, 0.6) is 0 Å². The number of nitrogens with two attached hydrogens (primary N) is 1. The molecule has 0 bridgehead atoms. The van der Waals surface area contributed by atoms with E-state index in [-0.39, 0.29) is 0 Å². The maximum absolute atomic E-state index is 12.4. The first-order chi connectivity index (χ1) is 15.6. The van der Waals surface area contributed by atoms with E-state index in [2.05, 4.69) is 19.9 Å². The van der Waals surface area contributed by atoms with Gasteiger partial charge in [-0.15, -0.1) is 0 Å². The summed E-state index contributed by atoms with van der Waals surface area (Å²) in [7, 11) is 1.94. The standard InChI is InChI=1S/C23H23N7O2/c1-28-18-7-3-2-6-16(18)14-19(28)21-26-17(22(31)32-21)15-29-10-12-30(13-11-29)23(24)27-20-8-4-5-9-25-20/h2-9,14-15H,10-13H2,1H3,(H2,24,25,27). The molecule has 1 saturated heterocycles. The van der Waals surface area contributed by atoms with Gasteiger partial charge in [0.1, 0.15) is 5.69 Å². The summed E-state index contributed by atoms with van der Waals surface area (Å²) >= 11 is 0. The topological polar surface area (TPSA) is 101 Å². The number of cyclic esters (lactones) is 1. The third-order valence-electron chi connectivity index (χ3n) is 5.61. The number of aromatic nitrogens is 2. The molecule has 0 atom stereocenters. The molecule has 1 aromatic carbocycles. The summed E-state index contributed by atoms with van der Waals surface area (Å²) in [4.78, 5) is 29.5. The quantitative estimate of drug-likeness (QED) is 0.296. The lowest BCUT2D eigenvalue weighted by Crippen LogP contribution is -2.49. The number of guanidine groups is 1. The first-order valence-corrected chi connectivity index (χ1v) is 10.4. The molecule has 0 radical (unpaired) electrons. The van der Waals surface area contributed by atoms with Crippen molar-refractivity contribution in [3.8, 4) is 0 Å². The molecular weight excluding hydrogens is 406 g/mol. The number of nitrogens with zero attached hydrogens (tertiary/aromatic N) is 6. The van der Waals surface area contributed by atoms with Crippen LogP contribution < -0.4 is 5.73 Å². The fourth-order valence-electron chi connectivity index (χ4n) is 3.86. The Labute approximate surface area is 185 Å². The van der Waals surface area contributed by atoms with E-state index in [1.165, 1.54) is 0 Å². The number of benzene rings is 1. The van der Waals surface area contributed by atoms with Crippen molar-refractivity contribution in [2.24, 2.45) is 22.8 Å². The van der Waals surface area contributed by atoms with Crippen molar-refractivity contribution < 1.29 is 9.53 Å². The van der Waals surface area contributed by atoms with Crippen LogP contribution >= 0.6 is 0 Å². The number of carbonyl (C=O) groups excluding carboxylic acids is 1. The zero-order valence-corrected chi connectivity index (χ0v) is 17.7. The molecule has 2 aliphatic rings. The van der Waals surface area contributed by atoms with Gasteiger partial charge in [-0.1, -0.05) is 24.3 Å². The first-order valence-electron chi connectivity index (χ1n) is 10.4. The zero-order valence-electron chi connectivity index (χ0n) is 17.7. The molecular formula is C23H23N7O2. The summed E-state index contributed by atoms with van der Waals surface area (Å²) in [5, 5.41) is 1.07. The molecule has 0 spiro atoms. The number of hydrogen-bond acceptors (Lipinski definition) is 6. The third-order valence-corrected chi connectivity index (χ3v) is 5.61. The summed E-state index contributed by atoms with van der Waals surface area (Å²) in [5.74, 6) is 0.903. The number of aryl methyl sites for hydroxylation is 1. The number of hydrogen-bond donors (Lipinski definition) is 1. The second kappa shape index (κ2) is 8.18. The molecule has 0 saturated carbocycles. The van der Waals surface area contributed by atoms with E-state index in [1.54, 1.807) is 12.4 Å². The lowest BCUT2D eigenvalue weighted by atomic mass is 10.2. The van der Waals surface area contributed by atoms with Gasteiger partial charge >= 0.3 is 5.97 Å². The Balaban J connectivity index is 1.28. The van der Waals surface area contributed by atoms with Crippen molar-refractivity contribution in [1.29, 1.82) is 0 Å². The Hall–Kier alpha value is -4.14. The monoisotopic (exact) mass is 429 g/mol. The lowest BCUT2D eigenvalue weighted by Gasteiger charge is -2.34. The van der Waals surface area contributed by atoms with Gasteiger partial charge in [-0.3, -0.25) is 0 Å². The molecule has 4 heterocycles. The minimum Gasteiger partial charge on any atom is -0.400 e. The van der Waals surface area contributed by atoms with Crippen molar-refractivity contribution in [2.45, 2.75) is 0 Å². The van der Waals surface area contributed by atoms with Crippen LogP contribution in [0.15, 0.2) is 76.6 Å². The SMILES string of the molecule is Cn1c(C2=NC(=CN3CCN(/C(N)=N/c4ccccn4)CC3)C(=O)O2)cc2ccccc21. The van der Waals surface area contributed by atoms with Crippen LogP contribution in [0, 0.1) is 0 Å². The average molecular weight is 429 g/mol. The summed E-state index contributed by atoms with van der Waals surface area (Å²) in [6.07, 6.45) is 3.45. The van der Waals surface area contributed by atoms with Crippen LogP contribution in [-0.2, 0) is 16.6 Å². The molecule has 162 valence electrons. The minimum atomic E-state index is -0.441. The predicted octanol–water partition coefficient (Wildman–Crippen LogP) is 1.98. The number of esters is 1. The van der Waals surface area contributed by atoms with Crippen LogP contribution in [0.4, 0.5) is 5.82 Å². The number of pyridine rings is 1. The van der Waals surface area contributed by atoms with E-state index in [0.29, 0.717) is 49.6 Å². The van der Waals surface area contributed by atoms with Gasteiger partial charge in [0.05, 0.1) is 0 Å². The van der Waals surface area contributed by atoms with Crippen LogP contribution in [-0.4, -0.2) is 63.4 Å². The Morgan fingerprint density at radius 1 is 1.12 bits per heavy atom. The number of carbonyl (C=O) groups is 1. The van der Waals surface area contributed by atoms with Gasteiger partial charge < -0.3 is 24.8 Å². The highest BCUT2D eigenvalue weighted by molar-refractivity contribution is 6.12. The van der Waals surface area contributed by atoms with Gasteiger partial charge in [0, 0.05) is 56.5 Å². The highest BCUT2D eigenvalue weighted by Crippen LogP contribution is 2.23. The average Bonchev–Trinajstić information content (AvgIpc) is 3.34. The second-order valence-electron chi connectivity index (χ2n) is 7.65. The molecule has 2 aliphatic heterocycles. The molecule has 1 fully saturated rings. The van der Waals surface area contributed by atoms with E-state index < -0.39 is 5.97 Å². The van der Waals surface area contributed by atoms with Crippen molar-refractivity contribution >= 4 is 34.5 Å². The number of fused-ring (bicyclic) bond motifs is 1. The van der Waals surface area contributed by atoms with Gasteiger partial charge in [-0.2, -0.15) is 4.99 Å². The Kier molecular flexibility index (Phi) is 5.06.